The van der Waals surface area contributed by atoms with Gasteiger partial charge in [-0.05, 0) is 51.1 Å². The average molecular weight is 477 g/mol. The first-order valence-electron chi connectivity index (χ1n) is 9.69. The number of pyridine rings is 1. The number of aromatic nitrogens is 2. The highest BCUT2D eigenvalue weighted by atomic mass is 32.2. The van der Waals surface area contributed by atoms with Crippen LogP contribution in [0.4, 0.5) is 10.8 Å². The quantitative estimate of drug-likeness (QED) is 0.451. The van der Waals surface area contributed by atoms with Crippen molar-refractivity contribution in [1.29, 1.82) is 0 Å². The Hall–Kier alpha value is -3.02. The lowest BCUT2D eigenvalue weighted by Gasteiger charge is -2.19. The van der Waals surface area contributed by atoms with Crippen molar-refractivity contribution in [3.05, 3.63) is 59.7 Å². The predicted octanol–water partition coefficient (Wildman–Crippen LogP) is 3.79. The molecule has 0 unspecified atom stereocenters. The number of hydrogen-bond acceptors (Lipinski definition) is 8. The highest BCUT2D eigenvalue weighted by Crippen LogP contribution is 2.20. The third-order valence-electron chi connectivity index (χ3n) is 3.94. The first-order chi connectivity index (χ1) is 15.1. The Bertz CT molecular complexity index is 1120. The van der Waals surface area contributed by atoms with Crippen LogP contribution < -0.4 is 14.8 Å². The number of rotatable bonds is 9. The maximum atomic E-state index is 12.4. The third kappa shape index (κ3) is 7.01. The molecule has 3 rings (SSSR count). The van der Waals surface area contributed by atoms with Gasteiger partial charge >= 0.3 is 0 Å². The molecule has 9 nitrogen and oxygen atoms in total. The molecule has 1 aromatic carbocycles. The molecule has 0 saturated heterocycles. The summed E-state index contributed by atoms with van der Waals surface area (Å²) in [7, 11) is -3.75. The van der Waals surface area contributed by atoms with Crippen molar-refractivity contribution in [1.82, 2.24) is 9.97 Å². The van der Waals surface area contributed by atoms with Crippen molar-refractivity contribution in [3.63, 3.8) is 0 Å². The molecule has 0 saturated carbocycles. The van der Waals surface area contributed by atoms with Crippen LogP contribution in [0.3, 0.4) is 0 Å². The third-order valence-corrected chi connectivity index (χ3v) is 6.12. The number of amides is 1. The fourth-order valence-corrected chi connectivity index (χ4v) is 4.25. The standard InChI is InChI=1S/C21H24N4O5S2/c1-21(2,3)30-12-11-29-18-9-4-15(14-23-18)19(26)24-16-5-7-17(8-6-16)32(27,28)25-20-22-10-13-31-20/h4-10,13-14H,11-12H2,1-3H3,(H,22,25)(H,24,26). The van der Waals surface area contributed by atoms with E-state index >= 15 is 0 Å². The van der Waals surface area contributed by atoms with Gasteiger partial charge < -0.3 is 14.8 Å². The van der Waals surface area contributed by atoms with Gasteiger partial charge in [0.2, 0.25) is 5.88 Å². The van der Waals surface area contributed by atoms with Gasteiger partial charge in [0.1, 0.15) is 6.61 Å². The van der Waals surface area contributed by atoms with E-state index < -0.39 is 10.0 Å². The van der Waals surface area contributed by atoms with E-state index in [1.807, 2.05) is 20.8 Å². The minimum Gasteiger partial charge on any atom is -0.475 e. The lowest BCUT2D eigenvalue weighted by molar-refractivity contribution is -0.0168. The molecule has 0 spiro atoms. The number of hydrogen-bond donors (Lipinski definition) is 2. The van der Waals surface area contributed by atoms with Crippen LogP contribution in [0.15, 0.2) is 59.1 Å². The average Bonchev–Trinajstić information content (AvgIpc) is 3.24. The Kier molecular flexibility index (Phi) is 7.44. The number of benzene rings is 1. The van der Waals surface area contributed by atoms with Crippen molar-refractivity contribution in [2.24, 2.45) is 0 Å². The summed E-state index contributed by atoms with van der Waals surface area (Å²) in [6.45, 7) is 6.67. The molecule has 0 fully saturated rings. The molecule has 0 aliphatic heterocycles. The number of carbonyl (C=O) groups is 1. The van der Waals surface area contributed by atoms with Crippen LogP contribution in [-0.2, 0) is 14.8 Å². The molecule has 0 atom stereocenters. The number of ether oxygens (including phenoxy) is 2. The van der Waals surface area contributed by atoms with Gasteiger partial charge in [-0.1, -0.05) is 0 Å². The van der Waals surface area contributed by atoms with Crippen molar-refractivity contribution in [2.45, 2.75) is 31.3 Å². The Labute approximate surface area is 190 Å². The first kappa shape index (κ1) is 23.6. The molecule has 0 bridgehead atoms. The van der Waals surface area contributed by atoms with Crippen LogP contribution >= 0.6 is 11.3 Å². The van der Waals surface area contributed by atoms with E-state index in [0.29, 0.717) is 30.3 Å². The number of sulfonamides is 1. The van der Waals surface area contributed by atoms with Crippen LogP contribution in [0.2, 0.25) is 0 Å². The van der Waals surface area contributed by atoms with Crippen LogP contribution in [-0.4, -0.2) is 43.1 Å². The second kappa shape index (κ2) is 10.1. The number of carbonyl (C=O) groups excluding carboxylic acids is 1. The summed E-state index contributed by atoms with van der Waals surface area (Å²) >= 11 is 1.18. The van der Waals surface area contributed by atoms with Crippen LogP contribution in [0, 0.1) is 0 Å². The molecule has 11 heteroatoms. The van der Waals surface area contributed by atoms with Gasteiger partial charge in [-0.3, -0.25) is 9.52 Å². The van der Waals surface area contributed by atoms with Gasteiger partial charge in [-0.15, -0.1) is 11.3 Å². The highest BCUT2D eigenvalue weighted by molar-refractivity contribution is 7.93. The Morgan fingerprint density at radius 1 is 1.06 bits per heavy atom. The zero-order valence-electron chi connectivity index (χ0n) is 17.9. The summed E-state index contributed by atoms with van der Waals surface area (Å²) in [5, 5.41) is 4.66. The maximum absolute atomic E-state index is 12.4. The SMILES string of the molecule is CC(C)(C)OCCOc1ccc(C(=O)Nc2ccc(S(=O)(=O)Nc3nccs3)cc2)cn1. The molecule has 2 heterocycles. The maximum Gasteiger partial charge on any atom is 0.263 e. The highest BCUT2D eigenvalue weighted by Gasteiger charge is 2.16. The first-order valence-corrected chi connectivity index (χ1v) is 12.1. The summed E-state index contributed by atoms with van der Waals surface area (Å²) in [5.74, 6) is 0.0120. The van der Waals surface area contributed by atoms with E-state index in [4.69, 9.17) is 9.47 Å². The smallest absolute Gasteiger partial charge is 0.263 e. The summed E-state index contributed by atoms with van der Waals surface area (Å²) in [6, 6.07) is 9.02. The minimum atomic E-state index is -3.75. The van der Waals surface area contributed by atoms with Crippen molar-refractivity contribution < 1.29 is 22.7 Å². The number of anilines is 2. The molecule has 3 aromatic rings. The van der Waals surface area contributed by atoms with E-state index in [2.05, 4.69) is 20.0 Å². The van der Waals surface area contributed by atoms with E-state index in [-0.39, 0.29) is 21.5 Å². The molecule has 32 heavy (non-hydrogen) atoms. The topological polar surface area (TPSA) is 120 Å². The minimum absolute atomic E-state index is 0.0595. The van der Waals surface area contributed by atoms with E-state index in [1.54, 1.807) is 17.5 Å². The zero-order valence-corrected chi connectivity index (χ0v) is 19.5. The van der Waals surface area contributed by atoms with Gasteiger partial charge in [0.05, 0.1) is 22.7 Å². The summed E-state index contributed by atoms with van der Waals surface area (Å²) in [5.41, 5.74) is 0.548. The lowest BCUT2D eigenvalue weighted by atomic mass is 10.2. The Morgan fingerprint density at radius 2 is 1.81 bits per heavy atom. The zero-order chi connectivity index (χ0) is 23.2. The molecule has 2 N–H and O–H groups in total. The molecule has 0 radical (unpaired) electrons. The van der Waals surface area contributed by atoms with Crippen LogP contribution in [0.1, 0.15) is 31.1 Å². The number of nitrogens with one attached hydrogen (secondary N) is 2. The molecule has 2 aromatic heterocycles. The van der Waals surface area contributed by atoms with Crippen LogP contribution in [0.25, 0.3) is 0 Å². The van der Waals surface area contributed by atoms with Crippen molar-refractivity contribution in [2.75, 3.05) is 23.3 Å². The van der Waals surface area contributed by atoms with Crippen molar-refractivity contribution in [3.8, 4) is 5.88 Å². The largest absolute Gasteiger partial charge is 0.475 e. The van der Waals surface area contributed by atoms with Gasteiger partial charge in [0.15, 0.2) is 5.13 Å². The van der Waals surface area contributed by atoms with Gasteiger partial charge in [0, 0.05) is 29.5 Å². The molecule has 0 aliphatic rings. The predicted molar refractivity (Wildman–Crippen MR) is 123 cm³/mol. The van der Waals surface area contributed by atoms with Gasteiger partial charge in [-0.2, -0.15) is 0 Å². The summed E-state index contributed by atoms with van der Waals surface area (Å²) in [4.78, 5) is 20.5. The fraction of sp³-hybridized carbons (Fsp3) is 0.286. The summed E-state index contributed by atoms with van der Waals surface area (Å²) < 4.78 is 38.2. The second-order valence-corrected chi connectivity index (χ2v) is 10.2. The Balaban J connectivity index is 1.54. The van der Waals surface area contributed by atoms with Gasteiger partial charge in [0.25, 0.3) is 15.9 Å². The summed E-state index contributed by atoms with van der Waals surface area (Å²) in [6.07, 6.45) is 2.92. The second-order valence-electron chi connectivity index (χ2n) is 7.62. The van der Waals surface area contributed by atoms with E-state index in [9.17, 15) is 13.2 Å². The fourth-order valence-electron chi connectivity index (χ4n) is 2.46. The molecular weight excluding hydrogens is 452 g/mol. The van der Waals surface area contributed by atoms with Crippen LogP contribution in [0.5, 0.6) is 5.88 Å². The lowest BCUT2D eigenvalue weighted by Crippen LogP contribution is -2.22. The van der Waals surface area contributed by atoms with Crippen molar-refractivity contribution >= 4 is 38.1 Å². The monoisotopic (exact) mass is 476 g/mol. The molecular formula is C21H24N4O5S2. The van der Waals surface area contributed by atoms with E-state index in [0.717, 1.165) is 0 Å². The molecule has 0 aliphatic carbocycles. The number of nitrogens with zero attached hydrogens (tertiary/aromatic N) is 2. The molecule has 170 valence electrons. The number of thiazole rings is 1. The Morgan fingerprint density at radius 3 is 2.41 bits per heavy atom. The normalized spacial score (nSPS) is 11.7. The molecule has 1 amide bonds. The van der Waals surface area contributed by atoms with E-state index in [1.165, 1.54) is 48.0 Å². The van der Waals surface area contributed by atoms with Gasteiger partial charge in [-0.25, -0.2) is 18.4 Å².